The minimum atomic E-state index is -0.375. The van der Waals surface area contributed by atoms with Gasteiger partial charge in [0.05, 0.1) is 19.6 Å². The van der Waals surface area contributed by atoms with Gasteiger partial charge >= 0.3 is 5.97 Å². The summed E-state index contributed by atoms with van der Waals surface area (Å²) in [7, 11) is 3.22. The van der Waals surface area contributed by atoms with E-state index in [1.165, 1.54) is 7.11 Å². The van der Waals surface area contributed by atoms with Crippen LogP contribution in [0.3, 0.4) is 0 Å². The van der Waals surface area contributed by atoms with Crippen molar-refractivity contribution in [1.82, 2.24) is 10.2 Å². The van der Waals surface area contributed by atoms with Gasteiger partial charge in [0, 0.05) is 19.1 Å². The van der Waals surface area contributed by atoms with Gasteiger partial charge in [-0.1, -0.05) is 0 Å². The Bertz CT molecular complexity index is 270. The Morgan fingerprint density at radius 3 is 2.69 bits per heavy atom. The molecule has 2 atom stereocenters. The van der Waals surface area contributed by atoms with Gasteiger partial charge in [0.1, 0.15) is 0 Å². The van der Waals surface area contributed by atoms with E-state index in [2.05, 4.69) is 5.32 Å². The third-order valence-corrected chi connectivity index (χ3v) is 2.85. The summed E-state index contributed by atoms with van der Waals surface area (Å²) < 4.78 is 4.73. The fraction of sp³-hybridized carbons (Fsp3) is 0.800. The summed E-state index contributed by atoms with van der Waals surface area (Å²) >= 11 is 0. The Kier molecular flexibility index (Phi) is 4.70. The maximum Gasteiger partial charge on any atom is 0.310 e. The van der Waals surface area contributed by atoms with E-state index in [-0.39, 0.29) is 30.4 Å². The smallest absolute Gasteiger partial charge is 0.310 e. The van der Waals surface area contributed by atoms with Crippen LogP contribution in [0.15, 0.2) is 0 Å². The molecule has 0 aliphatic carbocycles. The van der Waals surface area contributed by atoms with Crippen molar-refractivity contribution in [2.24, 2.45) is 11.7 Å². The number of methoxy groups -OCH3 is 1. The van der Waals surface area contributed by atoms with Crippen LogP contribution in [0, 0.1) is 5.92 Å². The molecular weight excluding hydrogens is 210 g/mol. The second kappa shape index (κ2) is 5.81. The van der Waals surface area contributed by atoms with Gasteiger partial charge in [-0.3, -0.25) is 14.5 Å². The highest BCUT2D eigenvalue weighted by Crippen LogP contribution is 2.17. The third-order valence-electron chi connectivity index (χ3n) is 2.85. The number of nitrogens with two attached hydrogens (primary N) is 1. The maximum absolute atomic E-state index is 11.5. The van der Waals surface area contributed by atoms with Crippen LogP contribution in [0.1, 0.15) is 6.42 Å². The molecule has 6 heteroatoms. The highest BCUT2D eigenvalue weighted by atomic mass is 16.5. The molecule has 1 fully saturated rings. The number of carbonyl (C=O) groups excluding carboxylic acids is 2. The molecule has 0 aromatic rings. The largest absolute Gasteiger partial charge is 0.469 e. The first-order valence-corrected chi connectivity index (χ1v) is 5.32. The van der Waals surface area contributed by atoms with E-state index in [1.807, 2.05) is 11.9 Å². The van der Waals surface area contributed by atoms with Crippen LogP contribution in [0.4, 0.5) is 0 Å². The lowest BCUT2D eigenvalue weighted by atomic mass is 9.94. The zero-order valence-corrected chi connectivity index (χ0v) is 9.73. The second-order valence-corrected chi connectivity index (χ2v) is 4.10. The van der Waals surface area contributed by atoms with Gasteiger partial charge in [-0.25, -0.2) is 0 Å². The average molecular weight is 229 g/mol. The number of piperidine rings is 1. The van der Waals surface area contributed by atoms with E-state index in [0.717, 1.165) is 13.0 Å². The van der Waals surface area contributed by atoms with Crippen molar-refractivity contribution in [3.05, 3.63) is 0 Å². The number of likely N-dealkylation sites (N-methyl/N-ethyl adjacent to an activating group) is 1. The summed E-state index contributed by atoms with van der Waals surface area (Å²) in [5.74, 6) is -0.787. The Morgan fingerprint density at radius 2 is 2.19 bits per heavy atom. The predicted molar refractivity (Wildman–Crippen MR) is 58.6 cm³/mol. The van der Waals surface area contributed by atoms with Crippen LogP contribution < -0.4 is 11.1 Å². The van der Waals surface area contributed by atoms with Crippen LogP contribution in [-0.2, 0) is 14.3 Å². The van der Waals surface area contributed by atoms with Crippen molar-refractivity contribution >= 4 is 11.9 Å². The van der Waals surface area contributed by atoms with Crippen LogP contribution in [0.5, 0.6) is 0 Å². The molecule has 1 aliphatic heterocycles. The molecule has 0 aromatic heterocycles. The molecule has 0 saturated carbocycles. The maximum atomic E-state index is 11.5. The number of ether oxygens (including phenoxy) is 1. The number of primary amides is 1. The number of rotatable bonds is 4. The van der Waals surface area contributed by atoms with E-state index in [9.17, 15) is 9.59 Å². The van der Waals surface area contributed by atoms with Gasteiger partial charge < -0.3 is 15.8 Å². The lowest BCUT2D eigenvalue weighted by molar-refractivity contribution is -0.148. The number of nitrogens with one attached hydrogen (secondary N) is 1. The van der Waals surface area contributed by atoms with Gasteiger partial charge in [0.2, 0.25) is 5.91 Å². The molecule has 1 saturated heterocycles. The van der Waals surface area contributed by atoms with Crippen LogP contribution in [0.2, 0.25) is 0 Å². The van der Waals surface area contributed by atoms with Crippen molar-refractivity contribution in [1.29, 1.82) is 0 Å². The normalized spacial score (nSPS) is 26.4. The molecular formula is C10H19N3O3. The molecule has 3 N–H and O–H groups in total. The van der Waals surface area contributed by atoms with E-state index in [4.69, 9.17) is 10.5 Å². The number of hydrogen-bond donors (Lipinski definition) is 2. The summed E-state index contributed by atoms with van der Waals surface area (Å²) in [5, 5.41) is 3.11. The standard InChI is InChI=1S/C10H19N3O3/c1-12-8-3-7(10(15)16-2)4-13(5-8)6-9(11)14/h7-8,12H,3-6H2,1-2H3,(H2,11,14). The molecule has 1 rings (SSSR count). The van der Waals surface area contributed by atoms with Crippen molar-refractivity contribution in [2.75, 3.05) is 33.8 Å². The molecule has 0 aromatic carbocycles. The first kappa shape index (κ1) is 12.9. The summed E-state index contributed by atoms with van der Waals surface area (Å²) in [5.41, 5.74) is 5.15. The Balaban J connectivity index is 2.60. The van der Waals surface area contributed by atoms with E-state index >= 15 is 0 Å². The molecule has 6 nitrogen and oxygen atoms in total. The Labute approximate surface area is 95.1 Å². The predicted octanol–water partition coefficient (Wildman–Crippen LogP) is -1.45. The third kappa shape index (κ3) is 3.46. The van der Waals surface area contributed by atoms with Crippen molar-refractivity contribution in [3.63, 3.8) is 0 Å². The van der Waals surface area contributed by atoms with Crippen LogP contribution >= 0.6 is 0 Å². The molecule has 1 amide bonds. The molecule has 0 spiro atoms. The van der Waals surface area contributed by atoms with Gasteiger partial charge in [-0.2, -0.15) is 0 Å². The molecule has 0 bridgehead atoms. The van der Waals surface area contributed by atoms with Gasteiger partial charge in [0.15, 0.2) is 0 Å². The first-order chi connectivity index (χ1) is 7.56. The first-order valence-electron chi connectivity index (χ1n) is 5.32. The molecule has 16 heavy (non-hydrogen) atoms. The Hall–Kier alpha value is -1.14. The molecule has 2 unspecified atom stereocenters. The van der Waals surface area contributed by atoms with Gasteiger partial charge in [-0.05, 0) is 13.5 Å². The molecule has 92 valence electrons. The van der Waals surface area contributed by atoms with Crippen LogP contribution in [0.25, 0.3) is 0 Å². The summed E-state index contributed by atoms with van der Waals surface area (Å²) in [6.07, 6.45) is 0.735. The topological polar surface area (TPSA) is 84.7 Å². The van der Waals surface area contributed by atoms with E-state index in [0.29, 0.717) is 6.54 Å². The zero-order chi connectivity index (χ0) is 12.1. The number of esters is 1. The number of carbonyl (C=O) groups is 2. The quantitative estimate of drug-likeness (QED) is 0.576. The fourth-order valence-electron chi connectivity index (χ4n) is 2.09. The van der Waals surface area contributed by atoms with Gasteiger partial charge in [0.25, 0.3) is 0 Å². The lowest BCUT2D eigenvalue weighted by Crippen LogP contribution is -2.52. The van der Waals surface area contributed by atoms with E-state index < -0.39 is 0 Å². The van der Waals surface area contributed by atoms with Crippen molar-refractivity contribution in [3.8, 4) is 0 Å². The average Bonchev–Trinajstić information content (AvgIpc) is 2.26. The van der Waals surface area contributed by atoms with Crippen LogP contribution in [-0.4, -0.2) is 56.6 Å². The lowest BCUT2D eigenvalue weighted by Gasteiger charge is -2.35. The highest BCUT2D eigenvalue weighted by Gasteiger charge is 2.31. The van der Waals surface area contributed by atoms with Gasteiger partial charge in [-0.15, -0.1) is 0 Å². The molecule has 1 heterocycles. The highest BCUT2D eigenvalue weighted by molar-refractivity contribution is 5.76. The summed E-state index contributed by atoms with van der Waals surface area (Å²) in [6.45, 7) is 1.45. The second-order valence-electron chi connectivity index (χ2n) is 4.10. The minimum absolute atomic E-state index is 0.185. The number of likely N-dealkylation sites (tertiary alicyclic amines) is 1. The summed E-state index contributed by atoms with van der Waals surface area (Å²) in [6, 6.07) is 0.192. The van der Waals surface area contributed by atoms with E-state index in [1.54, 1.807) is 0 Å². The fourth-order valence-corrected chi connectivity index (χ4v) is 2.09. The number of nitrogens with zero attached hydrogens (tertiary/aromatic N) is 1. The Morgan fingerprint density at radius 1 is 1.50 bits per heavy atom. The zero-order valence-electron chi connectivity index (χ0n) is 9.73. The molecule has 1 aliphatic rings. The van der Waals surface area contributed by atoms with Crippen molar-refractivity contribution in [2.45, 2.75) is 12.5 Å². The SMILES string of the molecule is CNC1CC(C(=O)OC)CN(CC(N)=O)C1. The summed E-state index contributed by atoms with van der Waals surface area (Å²) in [4.78, 5) is 24.2. The molecule has 0 radical (unpaired) electrons. The number of hydrogen-bond acceptors (Lipinski definition) is 5. The monoisotopic (exact) mass is 229 g/mol. The van der Waals surface area contributed by atoms with Crippen molar-refractivity contribution < 1.29 is 14.3 Å². The minimum Gasteiger partial charge on any atom is -0.469 e. The number of amides is 1.